The fraction of sp³-hybridized carbons (Fsp3) is 0.529. The number of halogens is 2. The standard InChI is InChI=1S/C17H22F2N4O/c1-3-7-23-11(2)21-22-16(23)10-20-15-6-8-24-17(15)12-4-5-13(18)14(19)9-12/h4-5,9,15,17,20H,3,6-8,10H2,1-2H3/t15-,17-/m1/s1. The molecule has 24 heavy (non-hydrogen) atoms. The second-order valence-corrected chi connectivity index (χ2v) is 6.06. The molecule has 130 valence electrons. The monoisotopic (exact) mass is 336 g/mol. The van der Waals surface area contributed by atoms with E-state index in [1.54, 1.807) is 6.07 Å². The van der Waals surface area contributed by atoms with E-state index in [1.807, 2.05) is 6.92 Å². The van der Waals surface area contributed by atoms with Crippen LogP contribution in [0.1, 0.15) is 43.1 Å². The van der Waals surface area contributed by atoms with Gasteiger partial charge in [0.15, 0.2) is 11.6 Å². The number of rotatable bonds is 6. The molecule has 1 aromatic carbocycles. The molecular formula is C17H22F2N4O. The van der Waals surface area contributed by atoms with Gasteiger partial charge >= 0.3 is 0 Å². The Morgan fingerprint density at radius 1 is 1.29 bits per heavy atom. The fourth-order valence-corrected chi connectivity index (χ4v) is 3.11. The Labute approximate surface area is 140 Å². The van der Waals surface area contributed by atoms with E-state index < -0.39 is 11.6 Å². The molecular weight excluding hydrogens is 314 g/mol. The number of benzene rings is 1. The summed E-state index contributed by atoms with van der Waals surface area (Å²) in [5.74, 6) is 0.0863. The summed E-state index contributed by atoms with van der Waals surface area (Å²) in [4.78, 5) is 0. The molecule has 5 nitrogen and oxygen atoms in total. The van der Waals surface area contributed by atoms with Gasteiger partial charge in [0.2, 0.25) is 0 Å². The quantitative estimate of drug-likeness (QED) is 0.881. The summed E-state index contributed by atoms with van der Waals surface area (Å²) in [6.45, 7) is 6.08. The highest BCUT2D eigenvalue weighted by Gasteiger charge is 2.30. The molecule has 1 aromatic heterocycles. The maximum absolute atomic E-state index is 13.5. The van der Waals surface area contributed by atoms with Gasteiger partial charge in [0.25, 0.3) is 0 Å². The van der Waals surface area contributed by atoms with Gasteiger partial charge in [0, 0.05) is 19.2 Å². The molecule has 0 saturated carbocycles. The number of hydrogen-bond donors (Lipinski definition) is 1. The molecule has 1 N–H and O–H groups in total. The van der Waals surface area contributed by atoms with Crippen LogP contribution in [0.15, 0.2) is 18.2 Å². The van der Waals surface area contributed by atoms with Crippen molar-refractivity contribution >= 4 is 0 Å². The maximum atomic E-state index is 13.5. The van der Waals surface area contributed by atoms with Crippen molar-refractivity contribution in [2.45, 2.75) is 51.9 Å². The van der Waals surface area contributed by atoms with E-state index >= 15 is 0 Å². The van der Waals surface area contributed by atoms with Crippen molar-refractivity contribution in [3.63, 3.8) is 0 Å². The van der Waals surface area contributed by atoms with E-state index in [1.165, 1.54) is 6.07 Å². The van der Waals surface area contributed by atoms with Gasteiger partial charge in [-0.05, 0) is 37.5 Å². The Bertz CT molecular complexity index is 704. The van der Waals surface area contributed by atoms with Gasteiger partial charge in [-0.2, -0.15) is 0 Å². The zero-order valence-electron chi connectivity index (χ0n) is 13.9. The number of aryl methyl sites for hydroxylation is 1. The average molecular weight is 336 g/mol. The first kappa shape index (κ1) is 17.0. The second kappa shape index (κ2) is 7.36. The smallest absolute Gasteiger partial charge is 0.159 e. The molecule has 0 radical (unpaired) electrons. The lowest BCUT2D eigenvalue weighted by molar-refractivity contribution is 0.0979. The molecule has 1 fully saturated rings. The summed E-state index contributed by atoms with van der Waals surface area (Å²) in [6.07, 6.45) is 1.53. The van der Waals surface area contributed by atoms with Crippen molar-refractivity contribution in [3.8, 4) is 0 Å². The number of nitrogens with one attached hydrogen (secondary N) is 1. The van der Waals surface area contributed by atoms with Crippen molar-refractivity contribution in [2.24, 2.45) is 0 Å². The van der Waals surface area contributed by atoms with Crippen LogP contribution in [0, 0.1) is 18.6 Å². The highest BCUT2D eigenvalue weighted by Crippen LogP contribution is 2.30. The zero-order chi connectivity index (χ0) is 17.1. The number of aromatic nitrogens is 3. The van der Waals surface area contributed by atoms with Gasteiger partial charge in [-0.3, -0.25) is 0 Å². The Morgan fingerprint density at radius 2 is 2.12 bits per heavy atom. The predicted molar refractivity (Wildman–Crippen MR) is 85.3 cm³/mol. The third-order valence-electron chi connectivity index (χ3n) is 4.35. The van der Waals surface area contributed by atoms with Gasteiger partial charge in [0.05, 0.1) is 12.6 Å². The number of hydrogen-bond acceptors (Lipinski definition) is 4. The molecule has 2 atom stereocenters. The minimum absolute atomic E-state index is 0.0296. The highest BCUT2D eigenvalue weighted by atomic mass is 19.2. The SMILES string of the molecule is CCCn1c(C)nnc1CN[C@@H]1CCO[C@@H]1c1ccc(F)c(F)c1. The number of ether oxygens (including phenoxy) is 1. The van der Waals surface area contributed by atoms with Crippen LogP contribution in [0.4, 0.5) is 8.78 Å². The first-order valence-corrected chi connectivity index (χ1v) is 8.28. The highest BCUT2D eigenvalue weighted by molar-refractivity contribution is 5.22. The summed E-state index contributed by atoms with van der Waals surface area (Å²) in [6, 6.07) is 3.96. The van der Waals surface area contributed by atoms with Crippen LogP contribution in [-0.2, 0) is 17.8 Å². The molecule has 2 aromatic rings. The molecule has 0 amide bonds. The summed E-state index contributed by atoms with van der Waals surface area (Å²) in [5.41, 5.74) is 0.648. The molecule has 0 bridgehead atoms. The van der Waals surface area contributed by atoms with Crippen molar-refractivity contribution in [1.82, 2.24) is 20.1 Å². The van der Waals surface area contributed by atoms with E-state index in [4.69, 9.17) is 4.74 Å². The van der Waals surface area contributed by atoms with E-state index in [0.29, 0.717) is 18.7 Å². The van der Waals surface area contributed by atoms with Crippen molar-refractivity contribution in [3.05, 3.63) is 47.0 Å². The molecule has 1 aliphatic rings. The first-order valence-electron chi connectivity index (χ1n) is 8.28. The number of nitrogens with zero attached hydrogens (tertiary/aromatic N) is 3. The Hall–Kier alpha value is -1.86. The second-order valence-electron chi connectivity index (χ2n) is 6.06. The molecule has 0 unspecified atom stereocenters. The molecule has 3 rings (SSSR count). The Morgan fingerprint density at radius 3 is 2.88 bits per heavy atom. The Balaban J connectivity index is 1.69. The van der Waals surface area contributed by atoms with Crippen LogP contribution < -0.4 is 5.32 Å². The lowest BCUT2D eigenvalue weighted by Crippen LogP contribution is -2.32. The third kappa shape index (κ3) is 3.47. The molecule has 0 spiro atoms. The molecule has 1 aliphatic heterocycles. The zero-order valence-corrected chi connectivity index (χ0v) is 13.9. The average Bonchev–Trinajstić information content (AvgIpc) is 3.16. The third-order valence-corrected chi connectivity index (χ3v) is 4.35. The van der Waals surface area contributed by atoms with Crippen molar-refractivity contribution in [1.29, 1.82) is 0 Å². The molecule has 1 saturated heterocycles. The molecule has 7 heteroatoms. The predicted octanol–water partition coefficient (Wildman–Crippen LogP) is 2.89. The van der Waals surface area contributed by atoms with Crippen LogP contribution in [0.3, 0.4) is 0 Å². The molecule has 0 aliphatic carbocycles. The largest absolute Gasteiger partial charge is 0.372 e. The summed E-state index contributed by atoms with van der Waals surface area (Å²) < 4.78 is 34.4. The van der Waals surface area contributed by atoms with Crippen LogP contribution in [0.25, 0.3) is 0 Å². The van der Waals surface area contributed by atoms with E-state index in [-0.39, 0.29) is 12.1 Å². The van der Waals surface area contributed by atoms with Gasteiger partial charge in [-0.15, -0.1) is 10.2 Å². The normalized spacial score (nSPS) is 20.7. The van der Waals surface area contributed by atoms with Crippen LogP contribution in [-0.4, -0.2) is 27.4 Å². The van der Waals surface area contributed by atoms with Gasteiger partial charge in [-0.1, -0.05) is 13.0 Å². The van der Waals surface area contributed by atoms with Crippen molar-refractivity contribution in [2.75, 3.05) is 6.61 Å². The van der Waals surface area contributed by atoms with Crippen LogP contribution >= 0.6 is 0 Å². The Kier molecular flexibility index (Phi) is 5.20. The van der Waals surface area contributed by atoms with E-state index in [9.17, 15) is 8.78 Å². The minimum atomic E-state index is -0.847. The summed E-state index contributed by atoms with van der Waals surface area (Å²) in [5, 5.41) is 11.8. The van der Waals surface area contributed by atoms with Gasteiger partial charge in [-0.25, -0.2) is 8.78 Å². The summed E-state index contributed by atoms with van der Waals surface area (Å²) in [7, 11) is 0. The molecule has 2 heterocycles. The van der Waals surface area contributed by atoms with Crippen LogP contribution in [0.5, 0.6) is 0 Å². The lowest BCUT2D eigenvalue weighted by atomic mass is 10.0. The van der Waals surface area contributed by atoms with Crippen molar-refractivity contribution < 1.29 is 13.5 Å². The maximum Gasteiger partial charge on any atom is 0.159 e. The topological polar surface area (TPSA) is 52.0 Å². The first-order chi connectivity index (χ1) is 11.6. The van der Waals surface area contributed by atoms with E-state index in [0.717, 1.165) is 37.1 Å². The van der Waals surface area contributed by atoms with Gasteiger partial charge < -0.3 is 14.6 Å². The van der Waals surface area contributed by atoms with Gasteiger partial charge in [0.1, 0.15) is 11.6 Å². The fourth-order valence-electron chi connectivity index (χ4n) is 3.11. The minimum Gasteiger partial charge on any atom is -0.372 e. The lowest BCUT2D eigenvalue weighted by Gasteiger charge is -2.20. The summed E-state index contributed by atoms with van der Waals surface area (Å²) >= 11 is 0. The van der Waals surface area contributed by atoms with E-state index in [2.05, 4.69) is 27.0 Å². The van der Waals surface area contributed by atoms with Crippen LogP contribution in [0.2, 0.25) is 0 Å².